The standard InChI is InChI=1S/C36H28N2/c1-35(2)24-13-5-7-17-28(24)37-30-20-19-22-21-11-9-15-26-32(21)38(29-18-8-6-14-25(29)36(26,3)4)34(22)31(30)23-12-10-16-27(35)33(23)37/h5-20H,1-4H3. The molecular formula is C36H28N2. The van der Waals surface area contributed by atoms with E-state index >= 15 is 0 Å². The Bertz CT molecular complexity index is 2180. The number of hydrogen-bond donors (Lipinski definition) is 0. The molecule has 0 unspecified atom stereocenters. The number of hydrogen-bond acceptors (Lipinski definition) is 0. The van der Waals surface area contributed by atoms with Gasteiger partial charge in [-0.3, -0.25) is 0 Å². The lowest BCUT2D eigenvalue weighted by Crippen LogP contribution is -2.26. The van der Waals surface area contributed by atoms with Crippen molar-refractivity contribution in [1.82, 2.24) is 9.13 Å². The van der Waals surface area contributed by atoms with Crippen LogP contribution in [-0.4, -0.2) is 9.13 Å². The van der Waals surface area contributed by atoms with Crippen LogP contribution in [-0.2, 0) is 10.8 Å². The first-order chi connectivity index (χ1) is 18.4. The Kier molecular flexibility index (Phi) is 3.49. The largest absolute Gasteiger partial charge is 0.309 e. The zero-order valence-corrected chi connectivity index (χ0v) is 22.1. The van der Waals surface area contributed by atoms with Crippen LogP contribution >= 0.6 is 0 Å². The molecular weight excluding hydrogens is 460 g/mol. The second-order valence-corrected chi connectivity index (χ2v) is 12.2. The van der Waals surface area contributed by atoms with E-state index in [9.17, 15) is 0 Å². The maximum absolute atomic E-state index is 2.58. The van der Waals surface area contributed by atoms with Gasteiger partial charge in [-0.2, -0.15) is 0 Å². The van der Waals surface area contributed by atoms with E-state index in [4.69, 9.17) is 0 Å². The number of benzene rings is 5. The van der Waals surface area contributed by atoms with Gasteiger partial charge in [0.15, 0.2) is 0 Å². The van der Waals surface area contributed by atoms with Gasteiger partial charge < -0.3 is 9.13 Å². The van der Waals surface area contributed by atoms with Gasteiger partial charge in [0.1, 0.15) is 0 Å². The Morgan fingerprint density at radius 1 is 0.421 bits per heavy atom. The molecule has 0 saturated carbocycles. The molecule has 0 bridgehead atoms. The maximum atomic E-state index is 2.58. The summed E-state index contributed by atoms with van der Waals surface area (Å²) in [6, 6.07) is 36.5. The van der Waals surface area contributed by atoms with Gasteiger partial charge in [-0.15, -0.1) is 0 Å². The molecule has 0 fully saturated rings. The third-order valence-electron chi connectivity index (χ3n) is 9.68. The van der Waals surface area contributed by atoms with Crippen LogP contribution < -0.4 is 0 Å². The summed E-state index contributed by atoms with van der Waals surface area (Å²) in [7, 11) is 0. The SMILES string of the molecule is CC1(C)c2ccccc2-n2c3ccc4c5cccc6c5n(c4c3c3cccc1c32)-c1ccccc1C6(C)C. The van der Waals surface area contributed by atoms with Crippen LogP contribution in [0.4, 0.5) is 0 Å². The van der Waals surface area contributed by atoms with Crippen LogP contribution in [0.25, 0.3) is 55.0 Å². The van der Waals surface area contributed by atoms with Crippen molar-refractivity contribution in [2.45, 2.75) is 38.5 Å². The summed E-state index contributed by atoms with van der Waals surface area (Å²) < 4.78 is 5.11. The molecule has 4 heterocycles. The molecule has 2 aliphatic rings. The van der Waals surface area contributed by atoms with Gasteiger partial charge in [0.2, 0.25) is 0 Å². The summed E-state index contributed by atoms with van der Waals surface area (Å²) in [5.41, 5.74) is 13.3. The van der Waals surface area contributed by atoms with E-state index in [1.165, 1.54) is 77.2 Å². The van der Waals surface area contributed by atoms with E-state index in [1.807, 2.05) is 0 Å². The number of fused-ring (bicyclic) bond motifs is 11. The highest BCUT2D eigenvalue weighted by Gasteiger charge is 2.38. The van der Waals surface area contributed by atoms with Crippen molar-refractivity contribution < 1.29 is 0 Å². The van der Waals surface area contributed by atoms with Gasteiger partial charge in [0.05, 0.1) is 33.4 Å². The average Bonchev–Trinajstić information content (AvgIpc) is 3.45. The quantitative estimate of drug-likeness (QED) is 0.201. The fourth-order valence-corrected chi connectivity index (χ4v) is 7.89. The lowest BCUT2D eigenvalue weighted by Gasteiger charge is -2.34. The maximum Gasteiger partial charge on any atom is 0.0641 e. The molecule has 38 heavy (non-hydrogen) atoms. The fourth-order valence-electron chi connectivity index (χ4n) is 7.89. The van der Waals surface area contributed by atoms with E-state index in [0.29, 0.717) is 0 Å². The van der Waals surface area contributed by atoms with Gasteiger partial charge in [-0.05, 0) is 40.5 Å². The first-order valence-electron chi connectivity index (χ1n) is 13.6. The third kappa shape index (κ3) is 2.12. The first-order valence-corrected chi connectivity index (χ1v) is 13.6. The molecule has 182 valence electrons. The van der Waals surface area contributed by atoms with Crippen molar-refractivity contribution in [3.05, 3.63) is 119 Å². The van der Waals surface area contributed by atoms with Gasteiger partial charge in [0, 0.05) is 32.4 Å². The molecule has 0 atom stereocenters. The highest BCUT2D eigenvalue weighted by Crippen LogP contribution is 2.52. The molecule has 9 rings (SSSR count). The molecule has 2 aromatic heterocycles. The summed E-state index contributed by atoms with van der Waals surface area (Å²) in [5, 5.41) is 5.37. The molecule has 0 spiro atoms. The van der Waals surface area contributed by atoms with Crippen LogP contribution in [0, 0.1) is 0 Å². The van der Waals surface area contributed by atoms with E-state index in [1.54, 1.807) is 0 Å². The molecule has 0 N–H and O–H groups in total. The minimum absolute atomic E-state index is 0.0629. The minimum atomic E-state index is -0.0679. The number of rotatable bonds is 0. The van der Waals surface area contributed by atoms with Crippen molar-refractivity contribution >= 4 is 43.6 Å². The number of para-hydroxylation sites is 4. The molecule has 5 aromatic carbocycles. The van der Waals surface area contributed by atoms with Crippen LogP contribution in [0.15, 0.2) is 97.1 Å². The second-order valence-electron chi connectivity index (χ2n) is 12.2. The van der Waals surface area contributed by atoms with Crippen molar-refractivity contribution in [2.24, 2.45) is 0 Å². The topological polar surface area (TPSA) is 9.86 Å². The average molecular weight is 489 g/mol. The second kappa shape index (κ2) is 6.39. The molecule has 0 radical (unpaired) electrons. The Morgan fingerprint density at radius 3 is 1.58 bits per heavy atom. The summed E-state index contributed by atoms with van der Waals surface area (Å²) >= 11 is 0. The zero-order valence-electron chi connectivity index (χ0n) is 22.1. The Hall–Kier alpha value is -4.30. The van der Waals surface area contributed by atoms with E-state index < -0.39 is 0 Å². The number of aromatic nitrogens is 2. The monoisotopic (exact) mass is 488 g/mol. The molecule has 2 nitrogen and oxygen atoms in total. The van der Waals surface area contributed by atoms with Crippen molar-refractivity contribution in [3.63, 3.8) is 0 Å². The summed E-state index contributed by atoms with van der Waals surface area (Å²) in [5.74, 6) is 0. The lowest BCUT2D eigenvalue weighted by molar-refractivity contribution is 0.630. The number of nitrogens with zero attached hydrogens (tertiary/aromatic N) is 2. The van der Waals surface area contributed by atoms with Crippen molar-refractivity contribution in [1.29, 1.82) is 0 Å². The highest BCUT2D eigenvalue weighted by molar-refractivity contribution is 6.27. The van der Waals surface area contributed by atoms with Gasteiger partial charge in [-0.25, -0.2) is 0 Å². The smallest absolute Gasteiger partial charge is 0.0641 e. The summed E-state index contributed by atoms with van der Waals surface area (Å²) in [4.78, 5) is 0. The molecule has 2 aliphatic heterocycles. The highest BCUT2D eigenvalue weighted by atomic mass is 15.0. The minimum Gasteiger partial charge on any atom is -0.309 e. The van der Waals surface area contributed by atoms with Gasteiger partial charge >= 0.3 is 0 Å². The van der Waals surface area contributed by atoms with E-state index in [2.05, 4.69) is 134 Å². The zero-order chi connectivity index (χ0) is 25.6. The van der Waals surface area contributed by atoms with Gasteiger partial charge in [-0.1, -0.05) is 107 Å². The molecule has 0 aliphatic carbocycles. The molecule has 0 saturated heterocycles. The Balaban J connectivity index is 1.60. The predicted octanol–water partition coefficient (Wildman–Crippen LogP) is 9.16. The van der Waals surface area contributed by atoms with Gasteiger partial charge in [0.25, 0.3) is 0 Å². The summed E-state index contributed by atoms with van der Waals surface area (Å²) in [6.45, 7) is 9.49. The Labute approximate surface area is 221 Å². The third-order valence-corrected chi connectivity index (χ3v) is 9.68. The normalized spacial score (nSPS) is 16.3. The first kappa shape index (κ1) is 20.7. The van der Waals surface area contributed by atoms with Crippen LogP contribution in [0.1, 0.15) is 49.9 Å². The van der Waals surface area contributed by atoms with Crippen LogP contribution in [0.3, 0.4) is 0 Å². The van der Waals surface area contributed by atoms with Crippen LogP contribution in [0.2, 0.25) is 0 Å². The van der Waals surface area contributed by atoms with E-state index in [-0.39, 0.29) is 10.8 Å². The lowest BCUT2D eigenvalue weighted by atomic mass is 9.74. The van der Waals surface area contributed by atoms with Crippen molar-refractivity contribution in [2.75, 3.05) is 0 Å². The molecule has 2 heteroatoms. The molecule has 7 aromatic rings. The van der Waals surface area contributed by atoms with E-state index in [0.717, 1.165) is 0 Å². The van der Waals surface area contributed by atoms with Crippen LogP contribution in [0.5, 0.6) is 0 Å². The predicted molar refractivity (Wildman–Crippen MR) is 159 cm³/mol. The molecule has 0 amide bonds. The fraction of sp³-hybridized carbons (Fsp3) is 0.167. The Morgan fingerprint density at radius 2 is 0.921 bits per heavy atom. The summed E-state index contributed by atoms with van der Waals surface area (Å²) in [6.07, 6.45) is 0. The van der Waals surface area contributed by atoms with Crippen molar-refractivity contribution in [3.8, 4) is 11.4 Å².